The van der Waals surface area contributed by atoms with E-state index in [1.165, 1.54) is 24.4 Å². The minimum absolute atomic E-state index is 0.399. The van der Waals surface area contributed by atoms with Crippen LogP contribution < -0.4 is 16.0 Å². The zero-order chi connectivity index (χ0) is 27.1. The molecule has 0 fully saturated rings. The van der Waals surface area contributed by atoms with Crippen LogP contribution in [0.15, 0.2) is 90.9 Å². The third-order valence-electron chi connectivity index (χ3n) is 6.62. The van der Waals surface area contributed by atoms with Gasteiger partial charge in [0.1, 0.15) is 12.3 Å². The fourth-order valence-electron chi connectivity index (χ4n) is 4.72. The molecule has 3 atom stereocenters. The van der Waals surface area contributed by atoms with Gasteiger partial charge in [0.2, 0.25) is 0 Å². The van der Waals surface area contributed by atoms with E-state index in [9.17, 15) is 26.3 Å². The summed E-state index contributed by atoms with van der Waals surface area (Å²) in [7, 11) is 1.84. The van der Waals surface area contributed by atoms with E-state index in [-0.39, 0.29) is 0 Å². The molecular weight excluding hydrogens is 508 g/mol. The summed E-state index contributed by atoms with van der Waals surface area (Å²) >= 11 is 0. The SMILES string of the molecule is CN1C(c2ccncc2)Nc2cc(C3NC=CC=C3C(F)(F)F)ccc2C1Nc1ccc(C(F)(F)F)cc1. The molecule has 3 aromatic rings. The Kier molecular flexibility index (Phi) is 6.56. The minimum Gasteiger partial charge on any atom is -0.380 e. The summed E-state index contributed by atoms with van der Waals surface area (Å²) in [6, 6.07) is 12.3. The van der Waals surface area contributed by atoms with Gasteiger partial charge < -0.3 is 16.0 Å². The average molecular weight is 532 g/mol. The van der Waals surface area contributed by atoms with Gasteiger partial charge in [0, 0.05) is 29.3 Å². The number of halogens is 6. The summed E-state index contributed by atoms with van der Waals surface area (Å²) < 4.78 is 80.2. The Hall–Kier alpha value is -3.99. The highest BCUT2D eigenvalue weighted by Crippen LogP contribution is 2.43. The van der Waals surface area contributed by atoms with Gasteiger partial charge in [0.15, 0.2) is 0 Å². The van der Waals surface area contributed by atoms with Crippen molar-refractivity contribution < 1.29 is 26.3 Å². The molecule has 198 valence electrons. The molecule has 2 aromatic carbocycles. The summed E-state index contributed by atoms with van der Waals surface area (Å²) in [5.41, 5.74) is 1.58. The molecule has 0 bridgehead atoms. The van der Waals surface area contributed by atoms with Crippen molar-refractivity contribution in [3.63, 3.8) is 0 Å². The second-order valence-electron chi connectivity index (χ2n) is 9.04. The molecule has 3 N–H and O–H groups in total. The first-order chi connectivity index (χ1) is 18.0. The van der Waals surface area contributed by atoms with Gasteiger partial charge in [-0.2, -0.15) is 26.3 Å². The normalized spacial score (nSPS) is 21.7. The second-order valence-corrected chi connectivity index (χ2v) is 9.04. The molecule has 0 aliphatic carbocycles. The predicted molar refractivity (Wildman–Crippen MR) is 132 cm³/mol. The highest BCUT2D eigenvalue weighted by Gasteiger charge is 2.40. The lowest BCUT2D eigenvalue weighted by Crippen LogP contribution is -2.41. The lowest BCUT2D eigenvalue weighted by Gasteiger charge is -2.43. The smallest absolute Gasteiger partial charge is 0.380 e. The monoisotopic (exact) mass is 531 g/mol. The number of anilines is 2. The van der Waals surface area contributed by atoms with Gasteiger partial charge in [-0.1, -0.05) is 18.2 Å². The molecule has 2 aliphatic rings. The van der Waals surface area contributed by atoms with Gasteiger partial charge in [-0.05, 0) is 72.9 Å². The fraction of sp³-hybridized carbons (Fsp3) is 0.222. The maximum Gasteiger partial charge on any atom is 0.416 e. The number of aromatic nitrogens is 1. The zero-order valence-corrected chi connectivity index (χ0v) is 20.0. The number of nitrogens with one attached hydrogen (secondary N) is 3. The van der Waals surface area contributed by atoms with Crippen molar-refractivity contribution in [1.29, 1.82) is 0 Å². The molecule has 0 spiro atoms. The molecule has 11 heteroatoms. The highest BCUT2D eigenvalue weighted by molar-refractivity contribution is 5.61. The summed E-state index contributed by atoms with van der Waals surface area (Å²) in [4.78, 5) is 6.01. The first-order valence-corrected chi connectivity index (χ1v) is 11.7. The first kappa shape index (κ1) is 25.7. The summed E-state index contributed by atoms with van der Waals surface area (Å²) in [5, 5.41) is 9.48. The van der Waals surface area contributed by atoms with Gasteiger partial charge in [-0.15, -0.1) is 0 Å². The van der Waals surface area contributed by atoms with Crippen LogP contribution in [-0.4, -0.2) is 23.1 Å². The molecule has 2 aliphatic heterocycles. The Bertz CT molecular complexity index is 1350. The number of pyridine rings is 1. The predicted octanol–water partition coefficient (Wildman–Crippen LogP) is 6.91. The third kappa shape index (κ3) is 5.06. The van der Waals surface area contributed by atoms with Crippen molar-refractivity contribution >= 4 is 11.4 Å². The van der Waals surface area contributed by atoms with Crippen LogP contribution in [0.2, 0.25) is 0 Å². The molecular formula is C27H23F6N5. The summed E-state index contributed by atoms with van der Waals surface area (Å²) in [5.74, 6) is 0. The van der Waals surface area contributed by atoms with E-state index < -0.39 is 41.9 Å². The highest BCUT2D eigenvalue weighted by atomic mass is 19.4. The van der Waals surface area contributed by atoms with E-state index in [2.05, 4.69) is 20.9 Å². The lowest BCUT2D eigenvalue weighted by molar-refractivity contribution is -0.137. The number of hydrogen-bond donors (Lipinski definition) is 3. The van der Waals surface area contributed by atoms with Crippen LogP contribution in [0.4, 0.5) is 37.7 Å². The zero-order valence-electron chi connectivity index (χ0n) is 20.0. The number of hydrogen-bond acceptors (Lipinski definition) is 5. The minimum atomic E-state index is -4.52. The summed E-state index contributed by atoms with van der Waals surface area (Å²) in [6.07, 6.45) is -2.78. The average Bonchev–Trinajstić information content (AvgIpc) is 2.89. The molecule has 0 saturated carbocycles. The Labute approximate surface area is 214 Å². The van der Waals surface area contributed by atoms with Crippen LogP contribution >= 0.6 is 0 Å². The van der Waals surface area contributed by atoms with E-state index in [0.29, 0.717) is 16.9 Å². The van der Waals surface area contributed by atoms with E-state index in [1.54, 1.807) is 30.6 Å². The van der Waals surface area contributed by atoms with E-state index in [4.69, 9.17) is 0 Å². The molecule has 5 rings (SSSR count). The van der Waals surface area contributed by atoms with Crippen molar-refractivity contribution in [1.82, 2.24) is 15.2 Å². The van der Waals surface area contributed by atoms with Crippen LogP contribution in [0.1, 0.15) is 40.6 Å². The van der Waals surface area contributed by atoms with Crippen molar-refractivity contribution in [2.24, 2.45) is 0 Å². The van der Waals surface area contributed by atoms with Crippen LogP contribution in [-0.2, 0) is 6.18 Å². The van der Waals surface area contributed by atoms with Gasteiger partial charge in [0.25, 0.3) is 0 Å². The maximum absolute atomic E-state index is 13.7. The number of fused-ring (bicyclic) bond motifs is 1. The van der Waals surface area contributed by atoms with E-state index in [1.807, 2.05) is 24.1 Å². The molecule has 0 saturated heterocycles. The molecule has 0 amide bonds. The number of alkyl halides is 6. The van der Waals surface area contributed by atoms with Gasteiger partial charge in [-0.3, -0.25) is 9.88 Å². The van der Waals surface area contributed by atoms with Crippen LogP contribution in [0.3, 0.4) is 0 Å². The Morgan fingerprint density at radius 2 is 1.58 bits per heavy atom. The Balaban J connectivity index is 1.53. The van der Waals surface area contributed by atoms with Crippen molar-refractivity contribution in [3.05, 3.63) is 113 Å². The number of benzene rings is 2. The number of rotatable bonds is 4. The van der Waals surface area contributed by atoms with E-state index in [0.717, 1.165) is 29.3 Å². The van der Waals surface area contributed by atoms with Crippen LogP contribution in [0.25, 0.3) is 0 Å². The van der Waals surface area contributed by atoms with Gasteiger partial charge in [-0.25, -0.2) is 0 Å². The second kappa shape index (κ2) is 9.71. The van der Waals surface area contributed by atoms with Crippen LogP contribution in [0.5, 0.6) is 0 Å². The summed E-state index contributed by atoms with van der Waals surface area (Å²) in [6.45, 7) is 0. The molecule has 1 aromatic heterocycles. The topological polar surface area (TPSA) is 52.2 Å². The largest absolute Gasteiger partial charge is 0.416 e. The van der Waals surface area contributed by atoms with Crippen molar-refractivity contribution in [2.75, 3.05) is 17.7 Å². The molecule has 0 radical (unpaired) electrons. The molecule has 3 heterocycles. The first-order valence-electron chi connectivity index (χ1n) is 11.7. The standard InChI is InChI=1S/C27H23F6N5/c1-38-24(16-10-13-34-14-11-16)37-22-15-17(23-21(27(31,32)33)3-2-12-35-23)4-9-20(22)25(38)36-19-7-5-18(6-8-19)26(28,29)30/h2-15,23-25,35-37H,1H3. The fourth-order valence-corrected chi connectivity index (χ4v) is 4.72. The third-order valence-corrected chi connectivity index (χ3v) is 6.62. The Morgan fingerprint density at radius 3 is 2.24 bits per heavy atom. The number of allylic oxidation sites excluding steroid dienone is 2. The molecule has 3 unspecified atom stereocenters. The maximum atomic E-state index is 13.7. The number of dihydropyridines is 1. The molecule has 38 heavy (non-hydrogen) atoms. The quantitative estimate of drug-likeness (QED) is 0.320. The molecule has 5 nitrogen and oxygen atoms in total. The Morgan fingerprint density at radius 1 is 0.868 bits per heavy atom. The van der Waals surface area contributed by atoms with Crippen LogP contribution in [0, 0.1) is 0 Å². The van der Waals surface area contributed by atoms with E-state index >= 15 is 0 Å². The lowest BCUT2D eigenvalue weighted by atomic mass is 9.92. The van der Waals surface area contributed by atoms with Crippen molar-refractivity contribution in [2.45, 2.75) is 30.7 Å². The van der Waals surface area contributed by atoms with Crippen molar-refractivity contribution in [3.8, 4) is 0 Å². The van der Waals surface area contributed by atoms with Gasteiger partial charge >= 0.3 is 12.4 Å². The van der Waals surface area contributed by atoms with Gasteiger partial charge in [0.05, 0.1) is 17.2 Å². The number of nitrogens with zero attached hydrogens (tertiary/aromatic N) is 2.